The number of carbonyl (C=O) groups is 4. The number of carbonyl (C=O) groups excluding carboxylic acids is 4. The fourth-order valence-corrected chi connectivity index (χ4v) is 6.09. The molecule has 1 aromatic rings. The van der Waals surface area contributed by atoms with Gasteiger partial charge in [0.25, 0.3) is 5.91 Å². The molecule has 4 saturated carbocycles. The van der Waals surface area contributed by atoms with Gasteiger partial charge in [-0.25, -0.2) is 4.79 Å². The summed E-state index contributed by atoms with van der Waals surface area (Å²) in [5.74, 6) is 1.10. The lowest BCUT2D eigenvalue weighted by Gasteiger charge is -2.56. The number of benzene rings is 1. The Morgan fingerprint density at radius 3 is 2.12 bits per heavy atom. The van der Waals surface area contributed by atoms with E-state index in [4.69, 9.17) is 0 Å². The quantitative estimate of drug-likeness (QED) is 0.446. The average molecular weight is 457 g/mol. The minimum absolute atomic E-state index is 0.0496. The Balaban J connectivity index is 1.16. The van der Waals surface area contributed by atoms with E-state index in [-0.39, 0.29) is 37.0 Å². The highest BCUT2D eigenvalue weighted by molar-refractivity contribution is 5.97. The molecule has 4 N–H and O–H groups in total. The predicted octanol–water partition coefficient (Wildman–Crippen LogP) is 2.19. The van der Waals surface area contributed by atoms with Crippen LogP contribution in [-0.4, -0.2) is 49.6 Å². The summed E-state index contributed by atoms with van der Waals surface area (Å²) in [6, 6.07) is 6.14. The molecule has 178 valence electrons. The molecule has 0 saturated heterocycles. The summed E-state index contributed by atoms with van der Waals surface area (Å²) < 4.78 is 4.48. The lowest BCUT2D eigenvalue weighted by Crippen LogP contribution is -2.61. The minimum atomic E-state index is -0.535. The highest BCUT2D eigenvalue weighted by Crippen LogP contribution is 2.55. The van der Waals surface area contributed by atoms with Crippen LogP contribution in [0.15, 0.2) is 24.3 Å². The summed E-state index contributed by atoms with van der Waals surface area (Å²) in [5, 5.41) is 11.3. The van der Waals surface area contributed by atoms with E-state index in [1.165, 1.54) is 26.4 Å². The molecule has 0 spiro atoms. The van der Waals surface area contributed by atoms with Gasteiger partial charge in [0.2, 0.25) is 5.91 Å². The predicted molar refractivity (Wildman–Crippen MR) is 121 cm³/mol. The SMILES string of the molecule is COC(=O)CNC(=O)c1ccc(NC(=O)CCNC(=O)NC23CC4CC(CC(C4)C2)C3)cc1. The summed E-state index contributed by atoms with van der Waals surface area (Å²) in [5.41, 5.74) is 0.855. The zero-order chi connectivity index (χ0) is 23.4. The van der Waals surface area contributed by atoms with Crippen molar-refractivity contribution in [1.29, 1.82) is 0 Å². The molecule has 0 heterocycles. The van der Waals surface area contributed by atoms with Gasteiger partial charge in [0.05, 0.1) is 7.11 Å². The first-order valence-corrected chi connectivity index (χ1v) is 11.6. The maximum Gasteiger partial charge on any atom is 0.325 e. The van der Waals surface area contributed by atoms with E-state index in [2.05, 4.69) is 26.0 Å². The van der Waals surface area contributed by atoms with E-state index in [0.717, 1.165) is 37.0 Å². The van der Waals surface area contributed by atoms with Crippen LogP contribution in [0.25, 0.3) is 0 Å². The van der Waals surface area contributed by atoms with Gasteiger partial charge in [0.15, 0.2) is 0 Å². The van der Waals surface area contributed by atoms with Crippen LogP contribution in [0.4, 0.5) is 10.5 Å². The maximum absolute atomic E-state index is 12.5. The third kappa shape index (κ3) is 5.83. The van der Waals surface area contributed by atoms with Crippen LogP contribution in [0.5, 0.6) is 0 Å². The van der Waals surface area contributed by atoms with Crippen molar-refractivity contribution in [3.63, 3.8) is 0 Å². The van der Waals surface area contributed by atoms with Gasteiger partial charge < -0.3 is 26.0 Å². The van der Waals surface area contributed by atoms with Gasteiger partial charge in [-0.05, 0) is 80.5 Å². The van der Waals surface area contributed by atoms with Crippen molar-refractivity contribution in [2.24, 2.45) is 17.8 Å². The van der Waals surface area contributed by atoms with Gasteiger partial charge in [0, 0.05) is 29.8 Å². The fraction of sp³-hybridized carbons (Fsp3) is 0.583. The van der Waals surface area contributed by atoms with Crippen molar-refractivity contribution in [3.8, 4) is 0 Å². The van der Waals surface area contributed by atoms with E-state index < -0.39 is 11.9 Å². The highest BCUT2D eigenvalue weighted by Gasteiger charge is 2.51. The van der Waals surface area contributed by atoms with Crippen LogP contribution >= 0.6 is 0 Å². The van der Waals surface area contributed by atoms with Crippen molar-refractivity contribution < 1.29 is 23.9 Å². The third-order valence-corrected chi connectivity index (χ3v) is 7.11. The molecule has 4 fully saturated rings. The number of hydrogen-bond donors (Lipinski definition) is 4. The Hall–Kier alpha value is -3.10. The molecule has 5 rings (SSSR count). The molecule has 0 aliphatic heterocycles. The number of anilines is 1. The number of esters is 1. The standard InChI is InChI=1S/C24H32N4O5/c1-33-21(30)14-26-22(31)18-2-4-19(5-3-18)27-20(29)6-7-25-23(32)28-24-11-15-8-16(12-24)10-17(9-15)13-24/h2-5,15-17H,6-14H2,1H3,(H,26,31)(H,27,29)(H2,25,28,32). The molecule has 9 heteroatoms. The molecule has 9 nitrogen and oxygen atoms in total. The van der Waals surface area contributed by atoms with Gasteiger partial charge in [-0.15, -0.1) is 0 Å². The van der Waals surface area contributed by atoms with Crippen LogP contribution in [0.1, 0.15) is 55.3 Å². The topological polar surface area (TPSA) is 126 Å². The first-order valence-electron chi connectivity index (χ1n) is 11.6. The summed E-state index contributed by atoms with van der Waals surface area (Å²) in [7, 11) is 1.25. The van der Waals surface area contributed by atoms with E-state index in [1.807, 2.05) is 0 Å². The Labute approximate surface area is 193 Å². The number of urea groups is 1. The van der Waals surface area contributed by atoms with E-state index in [9.17, 15) is 19.2 Å². The van der Waals surface area contributed by atoms with Gasteiger partial charge in [0.1, 0.15) is 6.54 Å². The molecule has 4 bridgehead atoms. The molecule has 1 aromatic carbocycles. The van der Waals surface area contributed by atoms with Crippen LogP contribution in [0.3, 0.4) is 0 Å². The summed E-state index contributed by atoms with van der Waals surface area (Å²) in [6.45, 7) is 0.0370. The van der Waals surface area contributed by atoms with Crippen LogP contribution < -0.4 is 21.3 Å². The normalized spacial score (nSPS) is 26.9. The number of rotatable bonds is 8. The molecule has 0 aromatic heterocycles. The highest BCUT2D eigenvalue weighted by atomic mass is 16.5. The minimum Gasteiger partial charge on any atom is -0.468 e. The van der Waals surface area contributed by atoms with E-state index in [0.29, 0.717) is 11.3 Å². The maximum atomic E-state index is 12.5. The Kier molecular flexibility index (Phi) is 6.85. The summed E-state index contributed by atoms with van der Waals surface area (Å²) in [4.78, 5) is 47.8. The van der Waals surface area contributed by atoms with Crippen molar-refractivity contribution >= 4 is 29.5 Å². The van der Waals surface area contributed by atoms with Gasteiger partial charge >= 0.3 is 12.0 Å². The second-order valence-electron chi connectivity index (χ2n) is 9.71. The fourth-order valence-electron chi connectivity index (χ4n) is 6.09. The monoisotopic (exact) mass is 456 g/mol. The van der Waals surface area contributed by atoms with Gasteiger partial charge in [-0.1, -0.05) is 0 Å². The molecule has 4 amide bonds. The lowest BCUT2D eigenvalue weighted by molar-refractivity contribution is -0.139. The smallest absolute Gasteiger partial charge is 0.325 e. The number of amides is 4. The first-order chi connectivity index (χ1) is 15.8. The van der Waals surface area contributed by atoms with Crippen molar-refractivity contribution in [2.75, 3.05) is 25.5 Å². The molecule has 4 aliphatic carbocycles. The Morgan fingerprint density at radius 2 is 1.55 bits per heavy atom. The Morgan fingerprint density at radius 1 is 0.939 bits per heavy atom. The molecular weight excluding hydrogens is 424 g/mol. The average Bonchev–Trinajstić information content (AvgIpc) is 2.76. The van der Waals surface area contributed by atoms with Crippen LogP contribution in [-0.2, 0) is 14.3 Å². The lowest BCUT2D eigenvalue weighted by atomic mass is 9.53. The molecule has 0 atom stereocenters. The molecule has 4 aliphatic rings. The number of hydrogen-bond acceptors (Lipinski definition) is 5. The molecule has 0 radical (unpaired) electrons. The summed E-state index contributed by atoms with van der Waals surface area (Å²) >= 11 is 0. The van der Waals surface area contributed by atoms with Crippen molar-refractivity contribution in [1.82, 2.24) is 16.0 Å². The van der Waals surface area contributed by atoms with Gasteiger partial charge in [-0.2, -0.15) is 0 Å². The number of nitrogens with one attached hydrogen (secondary N) is 4. The van der Waals surface area contributed by atoms with Crippen molar-refractivity contribution in [2.45, 2.75) is 50.5 Å². The molecule has 33 heavy (non-hydrogen) atoms. The zero-order valence-corrected chi connectivity index (χ0v) is 18.9. The largest absolute Gasteiger partial charge is 0.468 e. The van der Waals surface area contributed by atoms with E-state index in [1.54, 1.807) is 24.3 Å². The molecular formula is C24H32N4O5. The third-order valence-electron chi connectivity index (χ3n) is 7.11. The number of ether oxygens (including phenoxy) is 1. The summed E-state index contributed by atoms with van der Waals surface area (Å²) in [6.07, 6.45) is 7.37. The van der Waals surface area contributed by atoms with Gasteiger partial charge in [-0.3, -0.25) is 14.4 Å². The first kappa shape index (κ1) is 23.1. The number of methoxy groups -OCH3 is 1. The van der Waals surface area contributed by atoms with Crippen LogP contribution in [0, 0.1) is 17.8 Å². The Bertz CT molecular complexity index is 879. The van der Waals surface area contributed by atoms with Crippen LogP contribution in [0.2, 0.25) is 0 Å². The second kappa shape index (κ2) is 9.80. The molecule has 0 unspecified atom stereocenters. The second-order valence-corrected chi connectivity index (χ2v) is 9.71. The van der Waals surface area contributed by atoms with Crippen molar-refractivity contribution in [3.05, 3.63) is 29.8 Å². The van der Waals surface area contributed by atoms with E-state index >= 15 is 0 Å². The zero-order valence-electron chi connectivity index (χ0n) is 18.9.